The highest BCUT2D eigenvalue weighted by Gasteiger charge is 2.35. The van der Waals surface area contributed by atoms with E-state index in [1.807, 2.05) is 41.5 Å². The minimum Gasteiger partial charge on any atom is -0.493 e. The van der Waals surface area contributed by atoms with Gasteiger partial charge in [-0.2, -0.15) is 0 Å². The molecule has 160 valence electrons. The summed E-state index contributed by atoms with van der Waals surface area (Å²) in [5.41, 5.74) is 0.925. The molecule has 9 nitrogen and oxygen atoms in total. The zero-order valence-electron chi connectivity index (χ0n) is 17.2. The summed E-state index contributed by atoms with van der Waals surface area (Å²) >= 11 is 4.47. The van der Waals surface area contributed by atoms with Crippen molar-refractivity contribution in [2.45, 2.75) is 12.3 Å². The standard InChI is InChI=1S/C20H26N6O3S/c1-27-14-10-13(11-15(28-2)18(14)29-3)19-23-20(30)24-26(19)17-12-25(9-8-22-17)16-6-4-5-7-21-16/h4-7,10-11,17,19,22H,8-9,12H2,1-3H3,(H2,23,24,30). The molecule has 2 aliphatic heterocycles. The van der Waals surface area contributed by atoms with Gasteiger partial charge in [-0.3, -0.25) is 5.32 Å². The molecule has 2 N–H and O–H groups in total. The third-order valence-corrected chi connectivity index (χ3v) is 5.41. The molecule has 0 amide bonds. The van der Waals surface area contributed by atoms with Crippen LogP contribution in [-0.2, 0) is 0 Å². The topological polar surface area (TPSA) is 83.5 Å². The number of amidine groups is 1. The summed E-state index contributed by atoms with van der Waals surface area (Å²) in [5, 5.41) is 14.0. The summed E-state index contributed by atoms with van der Waals surface area (Å²) < 4.78 is 16.5. The first-order chi connectivity index (χ1) is 14.6. The summed E-state index contributed by atoms with van der Waals surface area (Å²) in [4.78, 5) is 6.74. The number of thiol groups is 1. The van der Waals surface area contributed by atoms with Crippen molar-refractivity contribution < 1.29 is 14.2 Å². The summed E-state index contributed by atoms with van der Waals surface area (Å²) in [7, 11) is 4.80. The molecule has 0 spiro atoms. The fourth-order valence-electron chi connectivity index (χ4n) is 3.79. The third kappa shape index (κ3) is 3.92. The summed E-state index contributed by atoms with van der Waals surface area (Å²) in [6, 6.07) is 9.79. The largest absolute Gasteiger partial charge is 0.493 e. The van der Waals surface area contributed by atoms with Crippen LogP contribution in [0.3, 0.4) is 0 Å². The Hall–Kier alpha value is -2.85. The maximum atomic E-state index is 5.52. The molecule has 3 heterocycles. The maximum Gasteiger partial charge on any atom is 0.203 e. The molecule has 2 aliphatic rings. The Morgan fingerprint density at radius 2 is 1.87 bits per heavy atom. The number of hydrazone groups is 1. The van der Waals surface area contributed by atoms with E-state index in [1.54, 1.807) is 21.3 Å². The molecule has 1 aromatic carbocycles. The number of pyridine rings is 1. The summed E-state index contributed by atoms with van der Waals surface area (Å²) in [5.74, 6) is 2.69. The average molecular weight is 431 g/mol. The van der Waals surface area contributed by atoms with Gasteiger partial charge in [-0.25, -0.2) is 9.99 Å². The van der Waals surface area contributed by atoms with Gasteiger partial charge in [-0.05, 0) is 24.3 Å². The van der Waals surface area contributed by atoms with Crippen LogP contribution in [0.25, 0.3) is 0 Å². The first-order valence-electron chi connectivity index (χ1n) is 9.66. The molecule has 1 fully saturated rings. The fraction of sp³-hybridized carbons (Fsp3) is 0.400. The Kier molecular flexibility index (Phi) is 6.05. The van der Waals surface area contributed by atoms with Crippen molar-refractivity contribution in [3.05, 3.63) is 42.1 Å². The van der Waals surface area contributed by atoms with Crippen LogP contribution in [0.4, 0.5) is 5.82 Å². The van der Waals surface area contributed by atoms with Gasteiger partial charge in [-0.15, -0.1) is 17.7 Å². The van der Waals surface area contributed by atoms with E-state index in [0.717, 1.165) is 31.0 Å². The zero-order valence-corrected chi connectivity index (χ0v) is 18.1. The molecule has 0 saturated carbocycles. The van der Waals surface area contributed by atoms with E-state index >= 15 is 0 Å². The number of piperazine rings is 1. The van der Waals surface area contributed by atoms with E-state index in [0.29, 0.717) is 22.4 Å². The van der Waals surface area contributed by atoms with Gasteiger partial charge in [0, 0.05) is 24.8 Å². The highest BCUT2D eigenvalue weighted by atomic mass is 32.1. The Labute approximate surface area is 181 Å². The summed E-state index contributed by atoms with van der Waals surface area (Å²) in [6.45, 7) is 2.42. The van der Waals surface area contributed by atoms with Gasteiger partial charge in [0.2, 0.25) is 5.75 Å². The Morgan fingerprint density at radius 1 is 1.10 bits per heavy atom. The van der Waals surface area contributed by atoms with Gasteiger partial charge in [-0.1, -0.05) is 6.07 Å². The number of methoxy groups -OCH3 is 3. The first-order valence-corrected chi connectivity index (χ1v) is 10.1. The van der Waals surface area contributed by atoms with Crippen molar-refractivity contribution in [3.63, 3.8) is 0 Å². The molecular formula is C20H26N6O3S. The molecule has 2 aromatic rings. The number of ether oxygens (including phenoxy) is 3. The molecule has 1 aromatic heterocycles. The van der Waals surface area contributed by atoms with Gasteiger partial charge < -0.3 is 24.4 Å². The lowest BCUT2D eigenvalue weighted by Crippen LogP contribution is -2.58. The molecule has 4 rings (SSSR count). The van der Waals surface area contributed by atoms with Crippen LogP contribution in [0.15, 0.2) is 41.6 Å². The Balaban J connectivity index is 1.62. The fourth-order valence-corrected chi connectivity index (χ4v) is 4.01. The highest BCUT2D eigenvalue weighted by molar-refractivity contribution is 7.96. The molecule has 1 saturated heterocycles. The van der Waals surface area contributed by atoms with Crippen LogP contribution in [0.2, 0.25) is 0 Å². The van der Waals surface area contributed by atoms with E-state index in [2.05, 4.69) is 38.2 Å². The van der Waals surface area contributed by atoms with Crippen molar-refractivity contribution in [1.82, 2.24) is 20.6 Å². The lowest BCUT2D eigenvalue weighted by Gasteiger charge is -2.40. The molecule has 30 heavy (non-hydrogen) atoms. The van der Waals surface area contributed by atoms with Gasteiger partial charge in [0.25, 0.3) is 0 Å². The number of hydrogen-bond donors (Lipinski definition) is 3. The number of hydrogen-bond acceptors (Lipinski definition) is 9. The van der Waals surface area contributed by atoms with Crippen LogP contribution >= 0.6 is 12.6 Å². The molecule has 2 atom stereocenters. The number of rotatable bonds is 6. The Morgan fingerprint density at radius 3 is 2.50 bits per heavy atom. The predicted molar refractivity (Wildman–Crippen MR) is 118 cm³/mol. The monoisotopic (exact) mass is 430 g/mol. The number of nitrogens with one attached hydrogen (secondary N) is 2. The molecule has 2 unspecified atom stereocenters. The number of anilines is 1. The van der Waals surface area contributed by atoms with Crippen LogP contribution in [0.5, 0.6) is 17.2 Å². The van der Waals surface area contributed by atoms with Gasteiger partial charge >= 0.3 is 0 Å². The van der Waals surface area contributed by atoms with Crippen molar-refractivity contribution in [2.75, 3.05) is 45.9 Å². The summed E-state index contributed by atoms with van der Waals surface area (Å²) in [6.07, 6.45) is 1.53. The normalized spacial score (nSPS) is 21.1. The van der Waals surface area contributed by atoms with E-state index in [9.17, 15) is 0 Å². The zero-order chi connectivity index (χ0) is 21.1. The second kappa shape index (κ2) is 8.88. The van der Waals surface area contributed by atoms with Crippen molar-refractivity contribution >= 4 is 23.6 Å². The quantitative estimate of drug-likeness (QED) is 0.597. The van der Waals surface area contributed by atoms with E-state index in [-0.39, 0.29) is 12.3 Å². The highest BCUT2D eigenvalue weighted by Crippen LogP contribution is 2.41. The van der Waals surface area contributed by atoms with Gasteiger partial charge in [0.15, 0.2) is 16.7 Å². The van der Waals surface area contributed by atoms with Crippen LogP contribution in [0, 0.1) is 0 Å². The number of nitrogens with zero attached hydrogens (tertiary/aromatic N) is 4. The second-order valence-electron chi connectivity index (χ2n) is 6.91. The molecular weight excluding hydrogens is 404 g/mol. The smallest absolute Gasteiger partial charge is 0.203 e. The van der Waals surface area contributed by atoms with Crippen molar-refractivity contribution in [2.24, 2.45) is 5.10 Å². The lowest BCUT2D eigenvalue weighted by atomic mass is 10.1. The van der Waals surface area contributed by atoms with Crippen molar-refractivity contribution in [1.29, 1.82) is 0 Å². The molecule has 0 radical (unpaired) electrons. The van der Waals surface area contributed by atoms with Gasteiger partial charge in [0.1, 0.15) is 18.1 Å². The van der Waals surface area contributed by atoms with Crippen LogP contribution in [-0.4, -0.2) is 62.3 Å². The number of aromatic nitrogens is 1. The lowest BCUT2D eigenvalue weighted by molar-refractivity contribution is 0.117. The van der Waals surface area contributed by atoms with Crippen LogP contribution in [0.1, 0.15) is 11.7 Å². The van der Waals surface area contributed by atoms with E-state index < -0.39 is 0 Å². The Bertz CT molecular complexity index is 888. The SMILES string of the molecule is COc1cc(C2NC(S)=NN2C2CN(c3ccccn3)CCN2)cc(OC)c1OC. The average Bonchev–Trinajstić information content (AvgIpc) is 3.20. The van der Waals surface area contributed by atoms with Gasteiger partial charge in [0.05, 0.1) is 27.9 Å². The van der Waals surface area contributed by atoms with Crippen molar-refractivity contribution in [3.8, 4) is 17.2 Å². The minimum atomic E-state index is -0.243. The second-order valence-corrected chi connectivity index (χ2v) is 7.34. The van der Waals surface area contributed by atoms with E-state index in [1.165, 1.54) is 0 Å². The van der Waals surface area contributed by atoms with E-state index in [4.69, 9.17) is 14.2 Å². The molecule has 10 heteroatoms. The first kappa shape index (κ1) is 20.4. The molecule has 0 bridgehead atoms. The predicted octanol–water partition coefficient (Wildman–Crippen LogP) is 1.65. The number of benzene rings is 1. The minimum absolute atomic E-state index is 0.0398. The molecule has 0 aliphatic carbocycles. The third-order valence-electron chi connectivity index (χ3n) is 5.19. The maximum absolute atomic E-state index is 5.52. The van der Waals surface area contributed by atoms with Crippen LogP contribution < -0.4 is 29.7 Å².